The van der Waals surface area contributed by atoms with Crippen LogP contribution in [0.4, 0.5) is 4.39 Å². The van der Waals surface area contributed by atoms with E-state index in [0.29, 0.717) is 48.7 Å². The molecule has 2 heterocycles. The molecule has 5 aliphatic rings. The monoisotopic (exact) mass is 523 g/mol. The number of carbonyl (C=O) groups is 1. The van der Waals surface area contributed by atoms with Gasteiger partial charge in [0, 0.05) is 25.3 Å². The van der Waals surface area contributed by atoms with E-state index in [1.165, 1.54) is 38.5 Å². The first-order valence-electron chi connectivity index (χ1n) is 15.6. The number of likely N-dealkylation sites (tertiary alicyclic amines) is 1. The fourth-order valence-electron chi connectivity index (χ4n) is 9.21. The summed E-state index contributed by atoms with van der Waals surface area (Å²) in [4.78, 5) is 15.9. The summed E-state index contributed by atoms with van der Waals surface area (Å²) in [5, 5.41) is 9.10. The van der Waals surface area contributed by atoms with Crippen LogP contribution < -0.4 is 0 Å². The van der Waals surface area contributed by atoms with Crippen molar-refractivity contribution in [3.63, 3.8) is 0 Å². The molecule has 2 saturated heterocycles. The van der Waals surface area contributed by atoms with Gasteiger partial charge in [0.1, 0.15) is 12.3 Å². The van der Waals surface area contributed by atoms with Crippen LogP contribution in [0.1, 0.15) is 105 Å². The summed E-state index contributed by atoms with van der Waals surface area (Å²) >= 11 is 0. The number of amides is 1. The summed E-state index contributed by atoms with van der Waals surface area (Å²) in [6.45, 7) is 13.0. The molecule has 0 bridgehead atoms. The van der Waals surface area contributed by atoms with Crippen LogP contribution in [0.5, 0.6) is 0 Å². The Kier molecular flexibility index (Phi) is 9.65. The van der Waals surface area contributed by atoms with Gasteiger partial charge in [0.2, 0.25) is 0 Å². The number of aliphatic hydroxyl groups excluding tert-OH is 1. The Morgan fingerprint density at radius 3 is 2.54 bits per heavy atom. The van der Waals surface area contributed by atoms with Gasteiger partial charge in [0.05, 0.1) is 12.7 Å². The lowest BCUT2D eigenvalue weighted by Crippen LogP contribution is -2.67. The second kappa shape index (κ2) is 12.2. The van der Waals surface area contributed by atoms with Crippen LogP contribution in [0.15, 0.2) is 0 Å². The average molecular weight is 524 g/mol. The Labute approximate surface area is 225 Å². The molecule has 37 heavy (non-hydrogen) atoms. The number of fused-ring (bicyclic) bond motifs is 5. The maximum absolute atomic E-state index is 13.7. The van der Waals surface area contributed by atoms with E-state index in [4.69, 9.17) is 14.6 Å². The number of carbonyl (C=O) groups excluding carboxylic acids is 1. The van der Waals surface area contributed by atoms with Crippen LogP contribution in [0, 0.1) is 35.0 Å². The summed E-state index contributed by atoms with van der Waals surface area (Å²) in [5.74, 6) is 3.30. The number of hydrogen-bond acceptors (Lipinski definition) is 4. The number of alkyl halides is 1. The molecule has 214 valence electrons. The third kappa shape index (κ3) is 5.63. The number of piperidine rings is 1. The quantitative estimate of drug-likeness (QED) is 0.438. The van der Waals surface area contributed by atoms with Crippen LogP contribution in [-0.4, -0.2) is 66.2 Å². The molecule has 0 aromatic carbocycles. The van der Waals surface area contributed by atoms with Gasteiger partial charge in [0.25, 0.3) is 5.91 Å². The van der Waals surface area contributed by atoms with Crippen LogP contribution in [-0.2, 0) is 14.3 Å². The van der Waals surface area contributed by atoms with Gasteiger partial charge in [-0.25, -0.2) is 4.39 Å². The Hall–Kier alpha value is -0.720. The minimum atomic E-state index is -0.927. The van der Waals surface area contributed by atoms with E-state index in [2.05, 4.69) is 25.7 Å². The van der Waals surface area contributed by atoms with Crippen molar-refractivity contribution in [2.75, 3.05) is 26.4 Å². The van der Waals surface area contributed by atoms with Crippen molar-refractivity contribution in [1.29, 1.82) is 0 Å². The zero-order valence-corrected chi connectivity index (χ0v) is 24.2. The summed E-state index contributed by atoms with van der Waals surface area (Å²) in [7, 11) is 0. The standard InChI is InChI=1S/C29H48FNO4.C2H6/c1-19-15-25-23-7-5-20-16-22(34-14-4-13-32)9-11-28(20,2)24(23)10-12-29(25,3)31(17-19)27(33)26-8-6-21(30)18-35-26;1-2/h19-26,32H,4-18H2,1-3H3;1-2H3. The van der Waals surface area contributed by atoms with Crippen molar-refractivity contribution in [1.82, 2.24) is 4.90 Å². The molecular weight excluding hydrogens is 469 g/mol. The van der Waals surface area contributed by atoms with Crippen molar-refractivity contribution < 1.29 is 23.8 Å². The van der Waals surface area contributed by atoms with E-state index in [9.17, 15) is 9.18 Å². The number of rotatable bonds is 5. The molecule has 0 spiro atoms. The molecule has 3 aliphatic carbocycles. The lowest BCUT2D eigenvalue weighted by atomic mass is 9.44. The molecule has 10 atom stereocenters. The molecule has 1 N–H and O–H groups in total. The normalized spacial score (nSPS) is 45.5. The highest BCUT2D eigenvalue weighted by atomic mass is 19.1. The van der Waals surface area contributed by atoms with E-state index >= 15 is 0 Å². The lowest BCUT2D eigenvalue weighted by molar-refractivity contribution is -0.183. The number of nitrogens with zero attached hydrogens (tertiary/aromatic N) is 1. The van der Waals surface area contributed by atoms with Gasteiger partial charge in [0.15, 0.2) is 0 Å². The molecule has 5 nitrogen and oxygen atoms in total. The predicted octanol–water partition coefficient (Wildman–Crippen LogP) is 6.17. The molecule has 5 fully saturated rings. The number of hydrogen-bond donors (Lipinski definition) is 1. The Balaban J connectivity index is 0.00000156. The first-order chi connectivity index (χ1) is 17.8. The highest BCUT2D eigenvalue weighted by molar-refractivity contribution is 5.82. The van der Waals surface area contributed by atoms with Crippen molar-refractivity contribution in [2.24, 2.45) is 35.0 Å². The van der Waals surface area contributed by atoms with Crippen molar-refractivity contribution in [2.45, 2.75) is 129 Å². The third-order valence-electron chi connectivity index (χ3n) is 11.2. The lowest BCUT2D eigenvalue weighted by Gasteiger charge is -2.65. The number of aliphatic hydroxyl groups is 1. The molecule has 0 aromatic rings. The third-order valence-corrected chi connectivity index (χ3v) is 11.2. The highest BCUT2D eigenvalue weighted by Crippen LogP contribution is 2.64. The molecule has 1 amide bonds. The summed E-state index contributed by atoms with van der Waals surface area (Å²) in [6.07, 6.45) is 10.2. The van der Waals surface area contributed by atoms with Crippen molar-refractivity contribution >= 4 is 5.91 Å². The zero-order valence-electron chi connectivity index (χ0n) is 24.2. The number of halogens is 1. The first-order valence-corrected chi connectivity index (χ1v) is 15.6. The maximum atomic E-state index is 13.7. The van der Waals surface area contributed by atoms with Gasteiger partial charge in [-0.1, -0.05) is 27.7 Å². The maximum Gasteiger partial charge on any atom is 0.252 e. The predicted molar refractivity (Wildman–Crippen MR) is 145 cm³/mol. The molecular formula is C31H54FNO4. The van der Waals surface area contributed by atoms with E-state index in [1.807, 2.05) is 13.8 Å². The fourth-order valence-corrected chi connectivity index (χ4v) is 9.21. The van der Waals surface area contributed by atoms with Crippen LogP contribution in [0.25, 0.3) is 0 Å². The summed E-state index contributed by atoms with van der Waals surface area (Å²) in [6, 6.07) is 0. The SMILES string of the molecule is CC.CC1CC2C3CCC4CC(OCCCO)CCC4(C)C3CCC2(C)N(C(=O)C2CCC(F)CO2)C1. The van der Waals surface area contributed by atoms with Crippen LogP contribution >= 0.6 is 0 Å². The molecule has 2 aliphatic heterocycles. The van der Waals surface area contributed by atoms with Gasteiger partial charge in [-0.2, -0.15) is 0 Å². The smallest absolute Gasteiger partial charge is 0.252 e. The second-order valence-electron chi connectivity index (χ2n) is 13.2. The van der Waals surface area contributed by atoms with Gasteiger partial charge in [-0.05, 0) is 113 Å². The molecule has 0 radical (unpaired) electrons. The zero-order chi connectivity index (χ0) is 26.8. The summed E-state index contributed by atoms with van der Waals surface area (Å²) < 4.78 is 25.5. The van der Waals surface area contributed by atoms with Crippen LogP contribution in [0.3, 0.4) is 0 Å². The molecule has 6 heteroatoms. The largest absolute Gasteiger partial charge is 0.396 e. The van der Waals surface area contributed by atoms with Crippen molar-refractivity contribution in [3.8, 4) is 0 Å². The average Bonchev–Trinajstić information content (AvgIpc) is 2.90. The van der Waals surface area contributed by atoms with Gasteiger partial charge in [-0.15, -0.1) is 0 Å². The van der Waals surface area contributed by atoms with Gasteiger partial charge in [-0.3, -0.25) is 4.79 Å². The van der Waals surface area contributed by atoms with E-state index < -0.39 is 12.3 Å². The fraction of sp³-hybridized carbons (Fsp3) is 0.968. The molecule has 5 rings (SSSR count). The first kappa shape index (κ1) is 29.3. The Morgan fingerprint density at radius 1 is 1.05 bits per heavy atom. The minimum absolute atomic E-state index is 0.0646. The van der Waals surface area contributed by atoms with E-state index in [0.717, 1.165) is 37.6 Å². The topological polar surface area (TPSA) is 59.0 Å². The number of ether oxygens (including phenoxy) is 2. The van der Waals surface area contributed by atoms with E-state index in [1.54, 1.807) is 0 Å². The van der Waals surface area contributed by atoms with Crippen LogP contribution in [0.2, 0.25) is 0 Å². The Morgan fingerprint density at radius 2 is 1.84 bits per heavy atom. The molecule has 3 saturated carbocycles. The van der Waals surface area contributed by atoms with Crippen molar-refractivity contribution in [3.05, 3.63) is 0 Å². The van der Waals surface area contributed by atoms with E-state index in [-0.39, 0.29) is 24.7 Å². The van der Waals surface area contributed by atoms with Gasteiger partial charge < -0.3 is 19.5 Å². The highest BCUT2D eigenvalue weighted by Gasteiger charge is 2.60. The molecule has 10 unspecified atom stereocenters. The summed E-state index contributed by atoms with van der Waals surface area (Å²) in [5.41, 5.74) is 0.272. The second-order valence-corrected chi connectivity index (χ2v) is 13.2. The molecule has 0 aromatic heterocycles. The minimum Gasteiger partial charge on any atom is -0.396 e. The Bertz CT molecular complexity index is 757. The van der Waals surface area contributed by atoms with Gasteiger partial charge >= 0.3 is 0 Å².